The van der Waals surface area contributed by atoms with Gasteiger partial charge in [-0.05, 0) is 56.4 Å². The second-order valence-electron chi connectivity index (χ2n) is 8.16. The number of carbonyl (C=O) groups excluding carboxylic acids is 2. The smallest absolute Gasteiger partial charge is 0.265 e. The van der Waals surface area contributed by atoms with E-state index in [-0.39, 0.29) is 18.4 Å². The minimum atomic E-state index is -0.592. The average molecular weight is 408 g/mol. The minimum absolute atomic E-state index is 0.0179. The van der Waals surface area contributed by atoms with Crippen LogP contribution in [0.4, 0.5) is 11.4 Å². The molecule has 0 unspecified atom stereocenters. The van der Waals surface area contributed by atoms with Gasteiger partial charge < -0.3 is 19.9 Å². The van der Waals surface area contributed by atoms with Crippen LogP contribution in [-0.4, -0.2) is 49.0 Å². The van der Waals surface area contributed by atoms with Crippen molar-refractivity contribution in [2.45, 2.75) is 39.2 Å². The monoisotopic (exact) mass is 407 g/mol. The number of hydrogen-bond donors (Lipinski definition) is 1. The maximum atomic E-state index is 13.0. The molecular weight excluding hydrogens is 378 g/mol. The Kier molecular flexibility index (Phi) is 5.93. The van der Waals surface area contributed by atoms with Crippen molar-refractivity contribution in [3.05, 3.63) is 53.6 Å². The molecule has 2 aliphatic heterocycles. The summed E-state index contributed by atoms with van der Waals surface area (Å²) in [5.74, 6) is 0.566. The lowest BCUT2D eigenvalue weighted by molar-refractivity contribution is -0.139. The number of para-hydroxylation sites is 3. The van der Waals surface area contributed by atoms with Crippen LogP contribution in [0, 0.1) is 13.8 Å². The molecule has 0 bridgehead atoms. The first kappa shape index (κ1) is 20.3. The summed E-state index contributed by atoms with van der Waals surface area (Å²) in [6.07, 6.45) is 2.66. The van der Waals surface area contributed by atoms with Gasteiger partial charge in [0.1, 0.15) is 5.75 Å². The molecule has 2 aliphatic rings. The van der Waals surface area contributed by atoms with Crippen molar-refractivity contribution in [3.8, 4) is 5.75 Å². The Balaban J connectivity index is 1.51. The first-order chi connectivity index (χ1) is 14.5. The predicted molar refractivity (Wildman–Crippen MR) is 118 cm³/mol. The number of amides is 2. The molecular formula is C24H29N3O3. The van der Waals surface area contributed by atoms with E-state index in [1.165, 1.54) is 6.42 Å². The summed E-state index contributed by atoms with van der Waals surface area (Å²) < 4.78 is 6.05. The molecule has 1 fully saturated rings. The Labute approximate surface area is 177 Å². The molecule has 6 heteroatoms. The summed E-state index contributed by atoms with van der Waals surface area (Å²) in [5.41, 5.74) is 3.76. The van der Waals surface area contributed by atoms with Gasteiger partial charge in [0, 0.05) is 18.8 Å². The van der Waals surface area contributed by atoms with Crippen molar-refractivity contribution in [2.24, 2.45) is 0 Å². The van der Waals surface area contributed by atoms with E-state index in [4.69, 9.17) is 4.74 Å². The highest BCUT2D eigenvalue weighted by atomic mass is 16.5. The zero-order valence-electron chi connectivity index (χ0n) is 17.7. The lowest BCUT2D eigenvalue weighted by Gasteiger charge is -2.38. The third kappa shape index (κ3) is 4.27. The van der Waals surface area contributed by atoms with Gasteiger partial charge in [0.2, 0.25) is 5.91 Å². The zero-order valence-corrected chi connectivity index (χ0v) is 17.7. The summed E-state index contributed by atoms with van der Waals surface area (Å²) in [6.45, 7) is 6.07. The van der Waals surface area contributed by atoms with E-state index in [2.05, 4.69) is 5.32 Å². The molecule has 0 radical (unpaired) electrons. The summed E-state index contributed by atoms with van der Waals surface area (Å²) in [5, 5.41) is 3.05. The van der Waals surface area contributed by atoms with Gasteiger partial charge in [-0.3, -0.25) is 9.59 Å². The standard InChI is InChI=1S/C24H29N3O3/c1-17-9-8-10-18(2)23(17)25-22(28)16-27-15-21(24(29)26-13-6-3-7-14-26)30-20-12-5-4-11-19(20)27/h4-5,8-12,21H,3,6-7,13-16H2,1-2H3,(H,25,28)/t21-/m0/s1. The number of aryl methyl sites for hydroxylation is 2. The van der Waals surface area contributed by atoms with E-state index in [1.807, 2.05) is 66.1 Å². The molecule has 1 saturated heterocycles. The predicted octanol–water partition coefficient (Wildman–Crippen LogP) is 3.52. The molecule has 2 aromatic carbocycles. The number of carbonyl (C=O) groups is 2. The number of anilines is 2. The van der Waals surface area contributed by atoms with Crippen LogP contribution >= 0.6 is 0 Å². The Morgan fingerprint density at radius 3 is 2.43 bits per heavy atom. The van der Waals surface area contributed by atoms with Gasteiger partial charge in [0.15, 0.2) is 6.10 Å². The molecule has 30 heavy (non-hydrogen) atoms. The SMILES string of the molecule is Cc1cccc(C)c1NC(=O)CN1C[C@@H](C(=O)N2CCCCC2)Oc2ccccc21. The van der Waals surface area contributed by atoms with Gasteiger partial charge >= 0.3 is 0 Å². The van der Waals surface area contributed by atoms with Crippen molar-refractivity contribution >= 4 is 23.2 Å². The first-order valence-corrected chi connectivity index (χ1v) is 10.7. The fourth-order valence-electron chi connectivity index (χ4n) is 4.27. The van der Waals surface area contributed by atoms with E-state index in [0.717, 1.165) is 48.4 Å². The summed E-state index contributed by atoms with van der Waals surface area (Å²) in [7, 11) is 0. The molecule has 0 saturated carbocycles. The molecule has 1 atom stereocenters. The number of piperidine rings is 1. The lowest BCUT2D eigenvalue weighted by Crippen LogP contribution is -2.52. The van der Waals surface area contributed by atoms with Crippen LogP contribution in [0.15, 0.2) is 42.5 Å². The third-order valence-corrected chi connectivity index (χ3v) is 5.88. The van der Waals surface area contributed by atoms with Gasteiger partial charge in [0.05, 0.1) is 18.8 Å². The molecule has 4 rings (SSSR count). The maximum Gasteiger partial charge on any atom is 0.265 e. The van der Waals surface area contributed by atoms with Crippen LogP contribution in [0.25, 0.3) is 0 Å². The molecule has 2 amide bonds. The van der Waals surface area contributed by atoms with Crippen molar-refractivity contribution in [1.82, 2.24) is 4.90 Å². The van der Waals surface area contributed by atoms with Crippen molar-refractivity contribution in [3.63, 3.8) is 0 Å². The van der Waals surface area contributed by atoms with Crippen LogP contribution in [0.5, 0.6) is 5.75 Å². The van der Waals surface area contributed by atoms with E-state index < -0.39 is 6.10 Å². The van der Waals surface area contributed by atoms with E-state index in [1.54, 1.807) is 0 Å². The van der Waals surface area contributed by atoms with Crippen molar-refractivity contribution in [1.29, 1.82) is 0 Å². The number of likely N-dealkylation sites (tertiary alicyclic amines) is 1. The van der Waals surface area contributed by atoms with Gasteiger partial charge in [-0.25, -0.2) is 0 Å². The molecule has 0 aromatic heterocycles. The molecule has 2 heterocycles. The highest BCUT2D eigenvalue weighted by Gasteiger charge is 2.34. The number of fused-ring (bicyclic) bond motifs is 1. The minimum Gasteiger partial charge on any atom is -0.477 e. The number of rotatable bonds is 4. The normalized spacial score (nSPS) is 18.4. The summed E-state index contributed by atoms with van der Waals surface area (Å²) >= 11 is 0. The third-order valence-electron chi connectivity index (χ3n) is 5.88. The summed E-state index contributed by atoms with van der Waals surface area (Å²) in [4.78, 5) is 29.8. The highest BCUT2D eigenvalue weighted by Crippen LogP contribution is 2.33. The average Bonchev–Trinajstić information content (AvgIpc) is 2.76. The molecule has 2 aromatic rings. The number of nitrogens with one attached hydrogen (secondary N) is 1. The van der Waals surface area contributed by atoms with Gasteiger partial charge in [-0.1, -0.05) is 30.3 Å². The van der Waals surface area contributed by atoms with Crippen LogP contribution < -0.4 is 15.0 Å². The fourth-order valence-corrected chi connectivity index (χ4v) is 4.27. The highest BCUT2D eigenvalue weighted by molar-refractivity contribution is 5.96. The zero-order chi connectivity index (χ0) is 21.1. The van der Waals surface area contributed by atoms with E-state index in [0.29, 0.717) is 12.3 Å². The lowest BCUT2D eigenvalue weighted by atomic mass is 10.1. The van der Waals surface area contributed by atoms with Crippen molar-refractivity contribution < 1.29 is 14.3 Å². The Bertz CT molecular complexity index is 917. The second-order valence-corrected chi connectivity index (χ2v) is 8.16. The fraction of sp³-hybridized carbons (Fsp3) is 0.417. The van der Waals surface area contributed by atoms with Gasteiger partial charge in [0.25, 0.3) is 5.91 Å². The van der Waals surface area contributed by atoms with Crippen LogP contribution in [0.3, 0.4) is 0 Å². The Morgan fingerprint density at radius 1 is 1.00 bits per heavy atom. The number of nitrogens with zero attached hydrogens (tertiary/aromatic N) is 2. The Hall–Kier alpha value is -3.02. The van der Waals surface area contributed by atoms with E-state index >= 15 is 0 Å². The van der Waals surface area contributed by atoms with Crippen LogP contribution in [0.2, 0.25) is 0 Å². The van der Waals surface area contributed by atoms with E-state index in [9.17, 15) is 9.59 Å². The molecule has 0 aliphatic carbocycles. The van der Waals surface area contributed by atoms with Gasteiger partial charge in [-0.2, -0.15) is 0 Å². The van der Waals surface area contributed by atoms with Crippen molar-refractivity contribution in [2.75, 3.05) is 36.4 Å². The van der Waals surface area contributed by atoms with Crippen LogP contribution in [-0.2, 0) is 9.59 Å². The summed E-state index contributed by atoms with van der Waals surface area (Å²) in [6, 6.07) is 13.6. The number of ether oxygens (including phenoxy) is 1. The second kappa shape index (κ2) is 8.78. The van der Waals surface area contributed by atoms with Crippen LogP contribution in [0.1, 0.15) is 30.4 Å². The topological polar surface area (TPSA) is 61.9 Å². The molecule has 0 spiro atoms. The molecule has 1 N–H and O–H groups in total. The number of hydrogen-bond acceptors (Lipinski definition) is 4. The molecule has 158 valence electrons. The Morgan fingerprint density at radius 2 is 1.70 bits per heavy atom. The quantitative estimate of drug-likeness (QED) is 0.842. The molecule has 6 nitrogen and oxygen atoms in total. The van der Waals surface area contributed by atoms with Gasteiger partial charge in [-0.15, -0.1) is 0 Å². The maximum absolute atomic E-state index is 13.0. The number of benzene rings is 2. The first-order valence-electron chi connectivity index (χ1n) is 10.7. The largest absolute Gasteiger partial charge is 0.477 e.